The molecule has 0 aliphatic carbocycles. The molecule has 0 saturated heterocycles. The van der Waals surface area contributed by atoms with Gasteiger partial charge in [0.1, 0.15) is 6.04 Å². The lowest BCUT2D eigenvalue weighted by Gasteiger charge is -2.27. The van der Waals surface area contributed by atoms with Crippen LogP contribution in [0.1, 0.15) is 32.3 Å². The van der Waals surface area contributed by atoms with Crippen molar-refractivity contribution in [3.05, 3.63) is 66.2 Å². The smallest absolute Gasteiger partial charge is 0.326 e. The summed E-state index contributed by atoms with van der Waals surface area (Å²) in [6.45, 7) is 3.71. The molecular formula is C25H25N5O3. The average molecular weight is 444 g/mol. The van der Waals surface area contributed by atoms with Crippen molar-refractivity contribution in [2.75, 3.05) is 0 Å². The number of aliphatic carboxylic acids is 1. The molecule has 2 N–H and O–H groups in total. The van der Waals surface area contributed by atoms with E-state index >= 15 is 0 Å². The van der Waals surface area contributed by atoms with Gasteiger partial charge in [-0.15, -0.1) is 10.2 Å². The van der Waals surface area contributed by atoms with Gasteiger partial charge in [0.05, 0.1) is 0 Å². The molecule has 0 aliphatic heterocycles. The van der Waals surface area contributed by atoms with Crippen LogP contribution in [0.25, 0.3) is 33.3 Å². The molecule has 1 atom stereocenters. The number of carbonyl (C=O) groups excluding carboxylic acids is 1. The van der Waals surface area contributed by atoms with Gasteiger partial charge in [-0.3, -0.25) is 4.79 Å². The van der Waals surface area contributed by atoms with E-state index in [0.717, 1.165) is 33.0 Å². The Balaban J connectivity index is 1.65. The number of carbonyl (C=O) groups is 2. The molecule has 0 bridgehead atoms. The number of nitrogens with zero attached hydrogens (tertiary/aromatic N) is 4. The summed E-state index contributed by atoms with van der Waals surface area (Å²) in [6.07, 6.45) is 1.00. The number of carboxylic acid groups (broad SMARTS) is 1. The van der Waals surface area contributed by atoms with Crippen LogP contribution in [0, 0.1) is 0 Å². The number of aromatic nitrogens is 4. The van der Waals surface area contributed by atoms with Gasteiger partial charge in [0, 0.05) is 18.5 Å². The van der Waals surface area contributed by atoms with Crippen molar-refractivity contribution in [1.82, 2.24) is 25.5 Å². The first-order chi connectivity index (χ1) is 16.0. The summed E-state index contributed by atoms with van der Waals surface area (Å²) in [4.78, 5) is 25.5. The number of carboxylic acids is 1. The highest BCUT2D eigenvalue weighted by molar-refractivity contribution is 5.91. The van der Waals surface area contributed by atoms with E-state index in [-0.39, 0.29) is 12.5 Å². The topological polar surface area (TPSA) is 112 Å². The van der Waals surface area contributed by atoms with E-state index in [9.17, 15) is 14.7 Å². The van der Waals surface area contributed by atoms with Crippen LogP contribution in [0.2, 0.25) is 0 Å². The van der Waals surface area contributed by atoms with Crippen molar-refractivity contribution < 1.29 is 14.7 Å². The van der Waals surface area contributed by atoms with Crippen molar-refractivity contribution in [1.29, 1.82) is 0 Å². The third-order valence-electron chi connectivity index (χ3n) is 5.69. The van der Waals surface area contributed by atoms with E-state index in [1.54, 1.807) is 6.92 Å². The van der Waals surface area contributed by atoms with Crippen LogP contribution in [-0.2, 0) is 16.1 Å². The zero-order valence-corrected chi connectivity index (χ0v) is 18.5. The highest BCUT2D eigenvalue weighted by atomic mass is 16.4. The van der Waals surface area contributed by atoms with Crippen LogP contribution >= 0.6 is 0 Å². The van der Waals surface area contributed by atoms with Crippen LogP contribution in [0.5, 0.6) is 0 Å². The molecule has 33 heavy (non-hydrogen) atoms. The summed E-state index contributed by atoms with van der Waals surface area (Å²) in [6, 6.07) is 19.1. The third-order valence-corrected chi connectivity index (χ3v) is 5.69. The summed E-state index contributed by atoms with van der Waals surface area (Å²) < 4.78 is 0. The van der Waals surface area contributed by atoms with E-state index in [4.69, 9.17) is 0 Å². The average Bonchev–Trinajstić information content (AvgIpc) is 3.36. The maximum absolute atomic E-state index is 12.5. The number of tetrazole rings is 1. The largest absolute Gasteiger partial charge is 0.480 e. The molecule has 1 aromatic heterocycles. The molecule has 3 aromatic carbocycles. The molecule has 168 valence electrons. The molecule has 0 unspecified atom stereocenters. The second-order valence-corrected chi connectivity index (χ2v) is 7.96. The summed E-state index contributed by atoms with van der Waals surface area (Å²) in [5, 5.41) is 25.9. The predicted octanol–water partition coefficient (Wildman–Crippen LogP) is 4.29. The first-order valence-corrected chi connectivity index (χ1v) is 10.9. The molecule has 0 saturated carbocycles. The Kier molecular flexibility index (Phi) is 6.44. The Labute approximate surface area is 191 Å². The van der Waals surface area contributed by atoms with Crippen LogP contribution in [0.3, 0.4) is 0 Å². The second-order valence-electron chi connectivity index (χ2n) is 7.96. The Morgan fingerprint density at radius 1 is 1.03 bits per heavy atom. The fraction of sp³-hybridized carbons (Fsp3) is 0.240. The van der Waals surface area contributed by atoms with Gasteiger partial charge in [-0.2, -0.15) is 5.21 Å². The Morgan fingerprint density at radius 2 is 1.76 bits per heavy atom. The number of fused-ring (bicyclic) bond motifs is 1. The van der Waals surface area contributed by atoms with Crippen LogP contribution in [-0.4, -0.2) is 48.5 Å². The minimum Gasteiger partial charge on any atom is -0.480 e. The van der Waals surface area contributed by atoms with Gasteiger partial charge in [-0.05, 0) is 58.2 Å². The molecule has 8 nitrogen and oxygen atoms in total. The molecule has 8 heteroatoms. The van der Waals surface area contributed by atoms with E-state index in [0.29, 0.717) is 18.7 Å². The molecule has 4 aromatic rings. The van der Waals surface area contributed by atoms with E-state index in [2.05, 4.69) is 26.7 Å². The molecule has 0 spiro atoms. The number of rotatable bonds is 8. The van der Waals surface area contributed by atoms with Gasteiger partial charge in [-0.25, -0.2) is 4.79 Å². The molecule has 1 heterocycles. The molecular weight excluding hydrogens is 418 g/mol. The van der Waals surface area contributed by atoms with Crippen LogP contribution < -0.4 is 0 Å². The molecule has 4 rings (SSSR count). The molecule has 0 aliphatic rings. The monoisotopic (exact) mass is 443 g/mol. The standard InChI is InChI=1S/C25H25N5O3/c1-3-6-23(31)30(16(2)25(32)33)15-17-9-10-19-14-20(12-11-18(19)13-17)21-7-4-5-8-22(21)24-26-28-29-27-24/h4-5,7-14,16H,3,6,15H2,1-2H3,(H,32,33)(H,26,27,28,29)/t16-/m0/s1. The molecule has 0 radical (unpaired) electrons. The van der Waals surface area contributed by atoms with Crippen molar-refractivity contribution >= 4 is 22.6 Å². The van der Waals surface area contributed by atoms with Gasteiger partial charge in [-0.1, -0.05) is 55.5 Å². The van der Waals surface area contributed by atoms with Gasteiger partial charge < -0.3 is 10.0 Å². The summed E-state index contributed by atoms with van der Waals surface area (Å²) in [5.41, 5.74) is 3.79. The fourth-order valence-electron chi connectivity index (χ4n) is 3.90. The number of H-pyrrole nitrogens is 1. The number of hydrogen-bond acceptors (Lipinski definition) is 5. The van der Waals surface area contributed by atoms with Gasteiger partial charge in [0.25, 0.3) is 0 Å². The lowest BCUT2D eigenvalue weighted by atomic mass is 9.96. The molecule has 1 amide bonds. The number of hydrogen-bond donors (Lipinski definition) is 2. The van der Waals surface area contributed by atoms with Crippen molar-refractivity contribution in [3.8, 4) is 22.5 Å². The lowest BCUT2D eigenvalue weighted by molar-refractivity contribution is -0.150. The molecule has 0 fully saturated rings. The number of nitrogens with one attached hydrogen (secondary N) is 1. The van der Waals surface area contributed by atoms with Gasteiger partial charge in [0.15, 0.2) is 0 Å². The van der Waals surface area contributed by atoms with Crippen molar-refractivity contribution in [3.63, 3.8) is 0 Å². The summed E-state index contributed by atoms with van der Waals surface area (Å²) in [7, 11) is 0. The SMILES string of the molecule is CCCC(=O)N(Cc1ccc2cc(-c3ccccc3-c3nn[nH]n3)ccc2c1)[C@@H](C)C(=O)O. The zero-order valence-electron chi connectivity index (χ0n) is 18.5. The Morgan fingerprint density at radius 3 is 2.45 bits per heavy atom. The first kappa shape index (κ1) is 22.1. The van der Waals surface area contributed by atoms with E-state index in [1.807, 2.05) is 61.5 Å². The fourth-order valence-corrected chi connectivity index (χ4v) is 3.90. The highest BCUT2D eigenvalue weighted by Gasteiger charge is 2.25. The van der Waals surface area contributed by atoms with Gasteiger partial charge in [0.2, 0.25) is 11.7 Å². The van der Waals surface area contributed by atoms with E-state index in [1.165, 1.54) is 4.90 Å². The maximum Gasteiger partial charge on any atom is 0.326 e. The second kappa shape index (κ2) is 9.60. The first-order valence-electron chi connectivity index (χ1n) is 10.9. The highest BCUT2D eigenvalue weighted by Crippen LogP contribution is 2.32. The van der Waals surface area contributed by atoms with Crippen molar-refractivity contribution in [2.45, 2.75) is 39.3 Å². The third kappa shape index (κ3) is 4.74. The number of benzene rings is 3. The van der Waals surface area contributed by atoms with Crippen LogP contribution in [0.4, 0.5) is 0 Å². The Bertz CT molecular complexity index is 1290. The normalized spacial score (nSPS) is 11.9. The number of amides is 1. The lowest BCUT2D eigenvalue weighted by Crippen LogP contribution is -2.42. The number of aromatic amines is 1. The van der Waals surface area contributed by atoms with Crippen molar-refractivity contribution in [2.24, 2.45) is 0 Å². The minimum atomic E-state index is -1.01. The summed E-state index contributed by atoms with van der Waals surface area (Å²) in [5.74, 6) is -0.628. The summed E-state index contributed by atoms with van der Waals surface area (Å²) >= 11 is 0. The zero-order chi connectivity index (χ0) is 23.4. The maximum atomic E-state index is 12.5. The van der Waals surface area contributed by atoms with E-state index < -0.39 is 12.0 Å². The van der Waals surface area contributed by atoms with Gasteiger partial charge >= 0.3 is 5.97 Å². The van der Waals surface area contributed by atoms with Crippen LogP contribution in [0.15, 0.2) is 60.7 Å². The minimum absolute atomic E-state index is 0.152. The predicted molar refractivity (Wildman–Crippen MR) is 125 cm³/mol. The Hall–Kier alpha value is -4.07. The quantitative estimate of drug-likeness (QED) is 0.420.